The molecule has 23 heavy (non-hydrogen) atoms. The summed E-state index contributed by atoms with van der Waals surface area (Å²) in [6.07, 6.45) is 6.88. The molecular formula is C17H28FNO4. The van der Waals surface area contributed by atoms with E-state index < -0.39 is 18.4 Å². The summed E-state index contributed by atoms with van der Waals surface area (Å²) in [5, 5.41) is 11.4. The van der Waals surface area contributed by atoms with Gasteiger partial charge in [0.2, 0.25) is 0 Å². The molecule has 0 saturated carbocycles. The monoisotopic (exact) mass is 329 g/mol. The van der Waals surface area contributed by atoms with Gasteiger partial charge < -0.3 is 19.9 Å². The summed E-state index contributed by atoms with van der Waals surface area (Å²) in [6, 6.07) is 0. The number of aliphatic hydroxyl groups excluding tert-OH is 1. The van der Waals surface area contributed by atoms with Crippen LogP contribution in [0.5, 0.6) is 0 Å². The molecule has 0 fully saturated rings. The standard InChI is InChI=1S/C17H28FNO4/c1-5-7-14(15(9-10-18)22-13-12-20)8-6-11-19-16(21)23-17(2,3)4/h6-9,20H,5,10-13H2,1-4H3,(H,19,21)/b8-6+,14-7-,15-9+. The Morgan fingerprint density at radius 2 is 2.00 bits per heavy atom. The SMILES string of the molecule is CC/C=C(/C=C/CNC(=O)OC(C)(C)C)C(=C/CF)\OCCO. The average molecular weight is 329 g/mol. The van der Waals surface area contributed by atoms with E-state index >= 15 is 0 Å². The third-order valence-electron chi connectivity index (χ3n) is 2.38. The summed E-state index contributed by atoms with van der Waals surface area (Å²) in [4.78, 5) is 11.5. The summed E-state index contributed by atoms with van der Waals surface area (Å²) in [5.41, 5.74) is 0.153. The first-order chi connectivity index (χ1) is 10.8. The molecule has 0 aliphatic carbocycles. The molecule has 6 heteroatoms. The molecule has 0 atom stereocenters. The van der Waals surface area contributed by atoms with Crippen molar-refractivity contribution in [3.63, 3.8) is 0 Å². The van der Waals surface area contributed by atoms with Crippen molar-refractivity contribution in [3.8, 4) is 0 Å². The topological polar surface area (TPSA) is 67.8 Å². The second-order valence-corrected chi connectivity index (χ2v) is 5.65. The lowest BCUT2D eigenvalue weighted by molar-refractivity contribution is 0.0534. The summed E-state index contributed by atoms with van der Waals surface area (Å²) < 4.78 is 23.0. The average Bonchev–Trinajstić information content (AvgIpc) is 2.45. The molecule has 0 aromatic heterocycles. The number of aliphatic hydroxyl groups is 1. The van der Waals surface area contributed by atoms with Crippen LogP contribution in [0, 0.1) is 0 Å². The van der Waals surface area contributed by atoms with Crippen molar-refractivity contribution < 1.29 is 23.8 Å². The molecule has 0 spiro atoms. The molecule has 0 heterocycles. The van der Waals surface area contributed by atoms with Crippen molar-refractivity contribution in [2.75, 3.05) is 26.4 Å². The van der Waals surface area contributed by atoms with Crippen molar-refractivity contribution in [3.05, 3.63) is 35.6 Å². The van der Waals surface area contributed by atoms with Gasteiger partial charge in [-0.3, -0.25) is 0 Å². The minimum Gasteiger partial charge on any atom is -0.491 e. The first-order valence-corrected chi connectivity index (χ1v) is 7.67. The van der Waals surface area contributed by atoms with Crippen LogP contribution >= 0.6 is 0 Å². The molecule has 0 unspecified atom stereocenters. The Hall–Kier alpha value is -1.82. The van der Waals surface area contributed by atoms with E-state index in [2.05, 4.69) is 5.32 Å². The molecule has 0 aromatic rings. The van der Waals surface area contributed by atoms with E-state index in [1.807, 2.05) is 13.0 Å². The van der Waals surface area contributed by atoms with Gasteiger partial charge in [0, 0.05) is 12.1 Å². The van der Waals surface area contributed by atoms with E-state index in [0.717, 1.165) is 6.42 Å². The molecule has 0 radical (unpaired) electrons. The van der Waals surface area contributed by atoms with Crippen molar-refractivity contribution in [1.29, 1.82) is 0 Å². The Kier molecular flexibility index (Phi) is 10.8. The zero-order valence-electron chi connectivity index (χ0n) is 14.4. The molecule has 0 aliphatic heterocycles. The Balaban J connectivity index is 4.66. The molecule has 0 aromatic carbocycles. The number of carbonyl (C=O) groups is 1. The summed E-state index contributed by atoms with van der Waals surface area (Å²) in [6.45, 7) is 6.88. The summed E-state index contributed by atoms with van der Waals surface area (Å²) in [5.74, 6) is 0.372. The molecule has 0 saturated heterocycles. The first-order valence-electron chi connectivity index (χ1n) is 7.67. The Labute approximate surface area is 137 Å². The highest BCUT2D eigenvalue weighted by Gasteiger charge is 2.15. The fourth-order valence-corrected chi connectivity index (χ4v) is 1.60. The zero-order chi connectivity index (χ0) is 17.7. The van der Waals surface area contributed by atoms with E-state index in [1.165, 1.54) is 6.08 Å². The Morgan fingerprint density at radius 1 is 1.30 bits per heavy atom. The van der Waals surface area contributed by atoms with Crippen LogP contribution in [0.25, 0.3) is 0 Å². The van der Waals surface area contributed by atoms with Crippen LogP contribution < -0.4 is 5.32 Å². The van der Waals surface area contributed by atoms with Crippen molar-refractivity contribution in [2.24, 2.45) is 0 Å². The van der Waals surface area contributed by atoms with Gasteiger partial charge >= 0.3 is 6.09 Å². The number of ether oxygens (including phenoxy) is 2. The molecule has 0 rings (SSSR count). The van der Waals surface area contributed by atoms with Crippen molar-refractivity contribution >= 4 is 6.09 Å². The second kappa shape index (κ2) is 11.7. The van der Waals surface area contributed by atoms with Crippen LogP contribution in [0.4, 0.5) is 9.18 Å². The third-order valence-corrected chi connectivity index (χ3v) is 2.38. The van der Waals surface area contributed by atoms with Gasteiger partial charge in [0.15, 0.2) is 0 Å². The number of hydrogen-bond donors (Lipinski definition) is 2. The van der Waals surface area contributed by atoms with Gasteiger partial charge in [-0.15, -0.1) is 0 Å². The van der Waals surface area contributed by atoms with Gasteiger partial charge in [-0.25, -0.2) is 9.18 Å². The molecule has 132 valence electrons. The normalized spacial score (nSPS) is 13.3. The minimum absolute atomic E-state index is 0.0941. The molecule has 1 amide bonds. The molecule has 0 aliphatic rings. The van der Waals surface area contributed by atoms with E-state index in [4.69, 9.17) is 14.6 Å². The van der Waals surface area contributed by atoms with Gasteiger partial charge in [-0.05, 0) is 33.3 Å². The maximum absolute atomic E-state index is 12.6. The smallest absolute Gasteiger partial charge is 0.407 e. The van der Waals surface area contributed by atoms with Gasteiger partial charge in [-0.2, -0.15) is 0 Å². The second-order valence-electron chi connectivity index (χ2n) is 5.65. The lowest BCUT2D eigenvalue weighted by atomic mass is 10.1. The highest BCUT2D eigenvalue weighted by atomic mass is 19.1. The number of alkyl carbamates (subject to hydrolysis) is 1. The van der Waals surface area contributed by atoms with E-state index in [9.17, 15) is 9.18 Å². The van der Waals surface area contributed by atoms with Gasteiger partial charge in [0.25, 0.3) is 0 Å². The van der Waals surface area contributed by atoms with Crippen LogP contribution in [0.3, 0.4) is 0 Å². The largest absolute Gasteiger partial charge is 0.491 e. The Bertz CT molecular complexity index is 436. The van der Waals surface area contributed by atoms with E-state index in [-0.39, 0.29) is 19.8 Å². The minimum atomic E-state index is -0.661. The number of carbonyl (C=O) groups excluding carboxylic acids is 1. The number of amides is 1. The number of rotatable bonds is 9. The molecule has 5 nitrogen and oxygen atoms in total. The van der Waals surface area contributed by atoms with Crippen molar-refractivity contribution in [1.82, 2.24) is 5.32 Å². The summed E-state index contributed by atoms with van der Waals surface area (Å²) in [7, 11) is 0. The van der Waals surface area contributed by atoms with Crippen LogP contribution in [-0.2, 0) is 9.47 Å². The lowest BCUT2D eigenvalue weighted by Gasteiger charge is -2.19. The number of hydrogen-bond acceptors (Lipinski definition) is 4. The zero-order valence-corrected chi connectivity index (χ0v) is 14.4. The van der Waals surface area contributed by atoms with E-state index in [0.29, 0.717) is 11.3 Å². The number of alkyl halides is 1. The summed E-state index contributed by atoms with van der Waals surface area (Å²) >= 11 is 0. The Morgan fingerprint density at radius 3 is 2.52 bits per heavy atom. The maximum atomic E-state index is 12.6. The molecule has 0 bridgehead atoms. The molecular weight excluding hydrogens is 301 g/mol. The fourth-order valence-electron chi connectivity index (χ4n) is 1.60. The fraction of sp³-hybridized carbons (Fsp3) is 0.588. The molecule has 2 N–H and O–H groups in total. The van der Waals surface area contributed by atoms with Crippen LogP contribution in [0.15, 0.2) is 35.6 Å². The van der Waals surface area contributed by atoms with E-state index in [1.54, 1.807) is 32.9 Å². The van der Waals surface area contributed by atoms with Crippen LogP contribution in [0.1, 0.15) is 34.1 Å². The number of allylic oxidation sites excluding steroid dienone is 3. The predicted octanol–water partition coefficient (Wildman–Crippen LogP) is 3.27. The highest BCUT2D eigenvalue weighted by Crippen LogP contribution is 2.14. The number of nitrogens with one attached hydrogen (secondary N) is 1. The maximum Gasteiger partial charge on any atom is 0.407 e. The number of halogens is 1. The van der Waals surface area contributed by atoms with Crippen LogP contribution in [0.2, 0.25) is 0 Å². The van der Waals surface area contributed by atoms with Gasteiger partial charge in [0.1, 0.15) is 24.6 Å². The lowest BCUT2D eigenvalue weighted by Crippen LogP contribution is -2.32. The van der Waals surface area contributed by atoms with Crippen LogP contribution in [-0.4, -0.2) is 43.2 Å². The quantitative estimate of drug-likeness (QED) is 0.503. The van der Waals surface area contributed by atoms with Gasteiger partial charge in [-0.1, -0.05) is 25.2 Å². The predicted molar refractivity (Wildman–Crippen MR) is 88.8 cm³/mol. The van der Waals surface area contributed by atoms with Gasteiger partial charge in [0.05, 0.1) is 6.61 Å². The highest BCUT2D eigenvalue weighted by molar-refractivity contribution is 5.67. The first kappa shape index (κ1) is 21.2. The van der Waals surface area contributed by atoms with Crippen molar-refractivity contribution in [2.45, 2.75) is 39.7 Å². The third kappa shape index (κ3) is 11.4.